The van der Waals surface area contributed by atoms with E-state index in [2.05, 4.69) is 189 Å². The van der Waals surface area contributed by atoms with E-state index in [4.69, 9.17) is 0 Å². The fourth-order valence-electron chi connectivity index (χ4n) is 6.57. The van der Waals surface area contributed by atoms with E-state index in [0.717, 1.165) is 0 Å². The summed E-state index contributed by atoms with van der Waals surface area (Å²) in [6, 6.07) is 36.0. The fourth-order valence-corrected chi connectivity index (χ4v) is 6.57. The summed E-state index contributed by atoms with van der Waals surface area (Å²) in [5.74, 6) is 0. The number of hydrogen-bond acceptors (Lipinski definition) is 0. The largest absolute Gasteiger partial charge is 1.00 e. The van der Waals surface area contributed by atoms with Crippen molar-refractivity contribution in [2.24, 2.45) is 0 Å². The zero-order valence-electron chi connectivity index (χ0n) is 34.4. The van der Waals surface area contributed by atoms with E-state index in [1.807, 2.05) is 0 Å². The number of halogens is 2. The van der Waals surface area contributed by atoms with Crippen LogP contribution in [0, 0.1) is 83.1 Å². The van der Waals surface area contributed by atoms with Gasteiger partial charge >= 0.3 is 56.9 Å². The molecule has 0 amide bonds. The molecule has 0 saturated carbocycles. The second-order valence-corrected chi connectivity index (χ2v) is 14.4. The Bertz CT molecular complexity index is 1910. The first kappa shape index (κ1) is 49.4. The Kier molecular flexibility index (Phi) is 20.9. The SMILES string of the molecule is Cc1cc2cc(C)c(C)cc2[cH-]1.Cc1cc2cc(C)c(C)cc2[cH-]1.Cc1cc2cc(C)c(C)cc2[cH-]1.Cc1cc2cc(C)c(C)cc2[cH-]1.[CH2]=[Zr+2].[CH2]=[Zr+2].[Cl-].[Cl-]. The maximum Gasteiger partial charge on any atom is -1.00 e. The third-order valence-electron chi connectivity index (χ3n) is 9.86. The molecule has 0 radical (unpaired) electrons. The summed E-state index contributed by atoms with van der Waals surface area (Å²) < 4.78 is 6.68. The van der Waals surface area contributed by atoms with Gasteiger partial charge in [0.05, 0.1) is 0 Å². The molecule has 0 nitrogen and oxygen atoms in total. The Morgan fingerprint density at radius 3 is 0.593 bits per heavy atom. The molecular weight excluding hydrogens is 854 g/mol. The quantitative estimate of drug-likeness (QED) is 0.136. The Morgan fingerprint density at radius 2 is 0.426 bits per heavy atom. The van der Waals surface area contributed by atoms with Crippen LogP contribution in [0.15, 0.2) is 97.1 Å². The third-order valence-corrected chi connectivity index (χ3v) is 9.86. The van der Waals surface area contributed by atoms with Crippen LogP contribution in [0.25, 0.3) is 43.1 Å². The molecule has 0 aromatic heterocycles. The van der Waals surface area contributed by atoms with E-state index >= 15 is 0 Å². The maximum atomic E-state index is 3.34. The maximum absolute atomic E-state index is 3.34. The molecule has 4 heteroatoms. The number of hydrogen-bond donors (Lipinski definition) is 0. The average Bonchev–Trinajstić information content (AvgIpc) is 3.84. The van der Waals surface area contributed by atoms with Crippen molar-refractivity contribution >= 4 is 51.5 Å². The molecule has 0 N–H and O–H groups in total. The van der Waals surface area contributed by atoms with Crippen molar-refractivity contribution < 1.29 is 73.3 Å². The van der Waals surface area contributed by atoms with Crippen LogP contribution in [-0.4, -0.2) is 8.42 Å². The summed E-state index contributed by atoms with van der Waals surface area (Å²) in [4.78, 5) is 0. The minimum Gasteiger partial charge on any atom is -1.00 e. The molecule has 0 saturated heterocycles. The van der Waals surface area contributed by atoms with Crippen LogP contribution in [-0.2, 0) is 48.5 Å². The monoisotopic (exact) mass is 906 g/mol. The Balaban J connectivity index is 0.000000345. The first-order valence-electron chi connectivity index (χ1n) is 17.9. The molecule has 8 aromatic rings. The van der Waals surface area contributed by atoms with E-state index in [1.165, 1.54) is 158 Å². The van der Waals surface area contributed by atoms with E-state index < -0.39 is 0 Å². The molecule has 8 aromatic carbocycles. The van der Waals surface area contributed by atoms with Crippen molar-refractivity contribution in [3.63, 3.8) is 0 Å². The minimum atomic E-state index is 0. The molecule has 8 rings (SSSR count). The molecule has 0 aliphatic rings. The van der Waals surface area contributed by atoms with Gasteiger partial charge in [-0.2, -0.15) is 24.3 Å². The molecule has 0 aliphatic heterocycles. The van der Waals surface area contributed by atoms with Crippen molar-refractivity contribution in [3.05, 3.63) is 164 Å². The van der Waals surface area contributed by atoms with E-state index in [9.17, 15) is 0 Å². The van der Waals surface area contributed by atoms with Crippen LogP contribution in [0.1, 0.15) is 66.8 Å². The van der Waals surface area contributed by atoms with E-state index in [-0.39, 0.29) is 24.8 Å². The van der Waals surface area contributed by atoms with E-state index in [1.54, 1.807) is 0 Å². The van der Waals surface area contributed by atoms with Gasteiger partial charge < -0.3 is 24.8 Å². The molecule has 0 unspecified atom stereocenters. The molecule has 280 valence electrons. The molecule has 0 atom stereocenters. The van der Waals surface area contributed by atoms with Gasteiger partial charge in [-0.15, -0.1) is 138 Å². The number of benzene rings is 4. The standard InChI is InChI=1S/4C12H13.2CH2.2ClH.2Zr/c4*1-8-4-11-6-9(2)10(3)7-12(11)5-8;;;;;;/h4*4-7H,1-3H3;2*1H2;2*1H;;/q4*-1;;;;;2*+2/p-2. The first-order chi connectivity index (χ1) is 24.7. The molecule has 0 fully saturated rings. The second kappa shape index (κ2) is 22.8. The fraction of sp³-hybridized carbons (Fsp3) is 0.240. The predicted molar refractivity (Wildman–Crippen MR) is 229 cm³/mol. The van der Waals surface area contributed by atoms with Crippen molar-refractivity contribution in [2.75, 3.05) is 0 Å². The molecule has 0 aliphatic carbocycles. The van der Waals surface area contributed by atoms with Crippen LogP contribution in [0.2, 0.25) is 0 Å². The Morgan fingerprint density at radius 1 is 0.278 bits per heavy atom. The predicted octanol–water partition coefficient (Wildman–Crippen LogP) is 7.87. The number of rotatable bonds is 0. The van der Waals surface area contributed by atoms with Crippen molar-refractivity contribution in [1.82, 2.24) is 0 Å². The second-order valence-electron chi connectivity index (χ2n) is 14.4. The Labute approximate surface area is 368 Å². The zero-order chi connectivity index (χ0) is 38.9. The molecule has 54 heavy (non-hydrogen) atoms. The average molecular weight is 910 g/mol. The van der Waals surface area contributed by atoms with Crippen LogP contribution in [0.5, 0.6) is 0 Å². The number of fused-ring (bicyclic) bond motifs is 4. The van der Waals surface area contributed by atoms with Gasteiger partial charge in [0.2, 0.25) is 0 Å². The van der Waals surface area contributed by atoms with Crippen molar-refractivity contribution in [1.29, 1.82) is 0 Å². The summed E-state index contributed by atoms with van der Waals surface area (Å²) in [6.45, 7) is 25.9. The number of aryl methyl sites for hydroxylation is 12. The van der Waals surface area contributed by atoms with Crippen LogP contribution in [0.3, 0.4) is 0 Å². The summed E-state index contributed by atoms with van der Waals surface area (Å²) in [6.07, 6.45) is 0. The van der Waals surface area contributed by atoms with Crippen LogP contribution in [0.4, 0.5) is 0 Å². The molecule has 0 bridgehead atoms. The first-order valence-corrected chi connectivity index (χ1v) is 21.4. The van der Waals surface area contributed by atoms with Crippen molar-refractivity contribution in [2.45, 2.75) is 83.1 Å². The zero-order valence-corrected chi connectivity index (χ0v) is 40.8. The summed E-state index contributed by atoms with van der Waals surface area (Å²) in [5, 5.41) is 11.0. The topological polar surface area (TPSA) is 0 Å². The van der Waals surface area contributed by atoms with Gasteiger partial charge in [0.25, 0.3) is 0 Å². The minimum absolute atomic E-state index is 0. The smallest absolute Gasteiger partial charge is 1.00 e. The summed E-state index contributed by atoms with van der Waals surface area (Å²) in [5.41, 5.74) is 16.5. The van der Waals surface area contributed by atoms with Gasteiger partial charge in [-0.3, -0.25) is 0 Å². The van der Waals surface area contributed by atoms with Crippen LogP contribution >= 0.6 is 0 Å². The van der Waals surface area contributed by atoms with Gasteiger partial charge in [-0.1, -0.05) is 72.2 Å². The third kappa shape index (κ3) is 13.3. The van der Waals surface area contributed by atoms with Gasteiger partial charge in [0, 0.05) is 0 Å². The summed E-state index contributed by atoms with van der Waals surface area (Å²) in [7, 11) is 0. The van der Waals surface area contributed by atoms with E-state index in [0.29, 0.717) is 0 Å². The molecular formula is C50H56Cl2Zr2-2. The summed E-state index contributed by atoms with van der Waals surface area (Å²) >= 11 is 2.60. The van der Waals surface area contributed by atoms with Crippen LogP contribution < -0.4 is 24.8 Å². The normalized spacial score (nSPS) is 9.93. The molecule has 0 spiro atoms. The van der Waals surface area contributed by atoms with Crippen molar-refractivity contribution in [3.8, 4) is 0 Å². The van der Waals surface area contributed by atoms with Gasteiger partial charge in [-0.25, -0.2) is 0 Å². The van der Waals surface area contributed by atoms with Gasteiger partial charge in [0.15, 0.2) is 0 Å². The van der Waals surface area contributed by atoms with Gasteiger partial charge in [-0.05, 0) is 55.4 Å². The Hall–Kier alpha value is -2.59. The molecule has 0 heterocycles. The van der Waals surface area contributed by atoms with Gasteiger partial charge in [0.1, 0.15) is 0 Å².